The average Bonchev–Trinajstić information content (AvgIpc) is 2.32. The second-order valence-corrected chi connectivity index (χ2v) is 5.01. The highest BCUT2D eigenvalue weighted by Gasteiger charge is 2.10. The zero-order valence-electron chi connectivity index (χ0n) is 9.02. The zero-order chi connectivity index (χ0) is 13.1. The largest absolute Gasteiger partial charge is 0.382 e. The first-order valence-corrected chi connectivity index (χ1v) is 6.36. The van der Waals surface area contributed by atoms with Gasteiger partial charge < -0.3 is 11.1 Å². The maximum atomic E-state index is 11.9. The lowest BCUT2D eigenvalue weighted by molar-refractivity contribution is 0.102. The van der Waals surface area contributed by atoms with Gasteiger partial charge in [-0.3, -0.25) is 9.78 Å². The Labute approximate surface area is 122 Å². The number of nitrogens with two attached hydrogens (primary N) is 1. The van der Waals surface area contributed by atoms with Crippen LogP contribution in [0.4, 0.5) is 11.5 Å². The van der Waals surface area contributed by atoms with E-state index >= 15 is 0 Å². The number of nitrogen functional groups attached to an aromatic ring is 1. The van der Waals surface area contributed by atoms with E-state index in [0.717, 1.165) is 3.57 Å². The molecule has 0 saturated heterocycles. The Morgan fingerprint density at radius 2 is 2.17 bits per heavy atom. The Balaban J connectivity index is 2.21. The van der Waals surface area contributed by atoms with Gasteiger partial charge in [-0.25, -0.2) is 4.98 Å². The fourth-order valence-electron chi connectivity index (χ4n) is 1.27. The number of nitrogens with zero attached hydrogens (tertiary/aromatic N) is 2. The molecule has 0 bridgehead atoms. The summed E-state index contributed by atoms with van der Waals surface area (Å²) in [6.07, 6.45) is 2.73. The Morgan fingerprint density at radius 3 is 2.83 bits per heavy atom. The van der Waals surface area contributed by atoms with Crippen molar-refractivity contribution in [1.82, 2.24) is 9.97 Å². The van der Waals surface area contributed by atoms with Gasteiger partial charge in [-0.2, -0.15) is 0 Å². The number of anilines is 2. The average molecular weight is 375 g/mol. The Kier molecular flexibility index (Phi) is 3.97. The molecule has 1 aromatic heterocycles. The van der Waals surface area contributed by atoms with Crippen LogP contribution in [0.2, 0.25) is 5.02 Å². The fourth-order valence-corrected chi connectivity index (χ4v) is 2.27. The summed E-state index contributed by atoms with van der Waals surface area (Å²) < 4.78 is 0.838. The number of aromatic nitrogens is 2. The molecule has 1 aromatic carbocycles. The number of carbonyl (C=O) groups excluding carboxylic acids is 1. The lowest BCUT2D eigenvalue weighted by Gasteiger charge is -2.07. The maximum absolute atomic E-state index is 11.9. The van der Waals surface area contributed by atoms with Gasteiger partial charge in [0.1, 0.15) is 11.5 Å². The maximum Gasteiger partial charge on any atom is 0.275 e. The molecule has 0 spiro atoms. The van der Waals surface area contributed by atoms with E-state index in [1.807, 2.05) is 0 Å². The number of amides is 1. The van der Waals surface area contributed by atoms with Crippen molar-refractivity contribution in [2.75, 3.05) is 11.1 Å². The molecule has 0 radical (unpaired) electrons. The van der Waals surface area contributed by atoms with Crippen LogP contribution in [-0.2, 0) is 0 Å². The van der Waals surface area contributed by atoms with Crippen LogP contribution in [0.5, 0.6) is 0 Å². The van der Waals surface area contributed by atoms with Gasteiger partial charge in [0.15, 0.2) is 0 Å². The number of hydrogen-bond acceptors (Lipinski definition) is 4. The van der Waals surface area contributed by atoms with Crippen molar-refractivity contribution in [2.24, 2.45) is 0 Å². The summed E-state index contributed by atoms with van der Waals surface area (Å²) in [7, 11) is 0. The number of nitrogens with one attached hydrogen (secondary N) is 1. The minimum absolute atomic E-state index is 0.167. The summed E-state index contributed by atoms with van der Waals surface area (Å²) in [5.41, 5.74) is 6.30. The highest BCUT2D eigenvalue weighted by atomic mass is 127. The van der Waals surface area contributed by atoms with E-state index in [1.165, 1.54) is 12.4 Å². The van der Waals surface area contributed by atoms with E-state index in [0.29, 0.717) is 10.7 Å². The second-order valence-electron chi connectivity index (χ2n) is 3.41. The molecule has 0 aliphatic rings. The summed E-state index contributed by atoms with van der Waals surface area (Å²) in [5.74, 6) is -0.163. The predicted molar refractivity (Wildman–Crippen MR) is 78.6 cm³/mol. The molecule has 5 nitrogen and oxygen atoms in total. The number of halogens is 2. The zero-order valence-corrected chi connectivity index (χ0v) is 11.9. The van der Waals surface area contributed by atoms with Gasteiger partial charge >= 0.3 is 0 Å². The minimum Gasteiger partial charge on any atom is -0.382 e. The van der Waals surface area contributed by atoms with Crippen LogP contribution < -0.4 is 11.1 Å². The first-order valence-electron chi connectivity index (χ1n) is 4.90. The Hall–Kier alpha value is -1.41. The first-order chi connectivity index (χ1) is 8.56. The topological polar surface area (TPSA) is 80.9 Å². The van der Waals surface area contributed by atoms with Crippen LogP contribution in [0.15, 0.2) is 30.6 Å². The number of rotatable bonds is 2. The van der Waals surface area contributed by atoms with Crippen LogP contribution >= 0.6 is 34.2 Å². The Morgan fingerprint density at radius 1 is 1.39 bits per heavy atom. The van der Waals surface area contributed by atoms with Gasteiger partial charge in [0.2, 0.25) is 0 Å². The summed E-state index contributed by atoms with van der Waals surface area (Å²) in [5, 5.41) is 3.33. The third-order valence-corrected chi connectivity index (χ3v) is 3.19. The van der Waals surface area contributed by atoms with Crippen molar-refractivity contribution in [3.05, 3.63) is 44.9 Å². The minimum atomic E-state index is -0.366. The molecule has 1 heterocycles. The summed E-state index contributed by atoms with van der Waals surface area (Å²) in [6.45, 7) is 0. The van der Waals surface area contributed by atoms with E-state index in [2.05, 4.69) is 37.9 Å². The first kappa shape index (κ1) is 13.0. The molecule has 0 aliphatic heterocycles. The van der Waals surface area contributed by atoms with Crippen LogP contribution in [0.1, 0.15) is 10.5 Å². The lowest BCUT2D eigenvalue weighted by Crippen LogP contribution is -2.15. The molecule has 2 aromatic rings. The molecule has 92 valence electrons. The third kappa shape index (κ3) is 3.08. The van der Waals surface area contributed by atoms with Gasteiger partial charge in [-0.15, -0.1) is 0 Å². The van der Waals surface area contributed by atoms with Crippen molar-refractivity contribution >= 4 is 51.6 Å². The predicted octanol–water partition coefficient (Wildman–Crippen LogP) is 2.57. The molecular weight excluding hydrogens is 367 g/mol. The monoisotopic (exact) mass is 374 g/mol. The summed E-state index contributed by atoms with van der Waals surface area (Å²) in [4.78, 5) is 19.6. The van der Waals surface area contributed by atoms with E-state index in [9.17, 15) is 4.79 Å². The van der Waals surface area contributed by atoms with Crippen molar-refractivity contribution in [2.45, 2.75) is 0 Å². The van der Waals surface area contributed by atoms with Crippen LogP contribution in [0, 0.1) is 3.57 Å². The smallest absolute Gasteiger partial charge is 0.275 e. The van der Waals surface area contributed by atoms with Crippen LogP contribution in [0.3, 0.4) is 0 Å². The number of benzene rings is 1. The molecular formula is C11H8ClIN4O. The number of hydrogen-bond donors (Lipinski definition) is 2. The van der Waals surface area contributed by atoms with Gasteiger partial charge in [0.25, 0.3) is 5.91 Å². The van der Waals surface area contributed by atoms with Gasteiger partial charge in [-0.05, 0) is 40.8 Å². The molecule has 0 atom stereocenters. The van der Waals surface area contributed by atoms with E-state index in [-0.39, 0.29) is 17.4 Å². The molecule has 0 saturated carbocycles. The second kappa shape index (κ2) is 5.49. The summed E-state index contributed by atoms with van der Waals surface area (Å²) >= 11 is 7.92. The van der Waals surface area contributed by atoms with Crippen molar-refractivity contribution in [3.8, 4) is 0 Å². The SMILES string of the molecule is Nc1cncc(C(=O)Nc2ccc(Cl)cc2I)n1. The van der Waals surface area contributed by atoms with Gasteiger partial charge in [0, 0.05) is 8.59 Å². The van der Waals surface area contributed by atoms with E-state index < -0.39 is 0 Å². The molecule has 3 N–H and O–H groups in total. The van der Waals surface area contributed by atoms with Crippen molar-refractivity contribution < 1.29 is 4.79 Å². The van der Waals surface area contributed by atoms with Crippen molar-refractivity contribution in [1.29, 1.82) is 0 Å². The molecule has 18 heavy (non-hydrogen) atoms. The van der Waals surface area contributed by atoms with E-state index in [1.54, 1.807) is 18.2 Å². The normalized spacial score (nSPS) is 10.1. The fraction of sp³-hybridized carbons (Fsp3) is 0. The molecule has 7 heteroatoms. The lowest BCUT2D eigenvalue weighted by atomic mass is 10.3. The van der Waals surface area contributed by atoms with Gasteiger partial charge in [0.05, 0.1) is 18.1 Å². The van der Waals surface area contributed by atoms with Gasteiger partial charge in [-0.1, -0.05) is 11.6 Å². The molecule has 1 amide bonds. The van der Waals surface area contributed by atoms with Crippen molar-refractivity contribution in [3.63, 3.8) is 0 Å². The van der Waals surface area contributed by atoms with Crippen LogP contribution in [-0.4, -0.2) is 15.9 Å². The Bertz CT molecular complexity index is 605. The highest BCUT2D eigenvalue weighted by Crippen LogP contribution is 2.22. The standard InChI is InChI=1S/C11H8ClIN4O/c12-6-1-2-8(7(13)3-6)17-11(18)9-4-15-5-10(14)16-9/h1-5H,(H2,14,16)(H,17,18). The molecule has 0 fully saturated rings. The molecule has 0 aliphatic carbocycles. The highest BCUT2D eigenvalue weighted by molar-refractivity contribution is 14.1. The number of carbonyl (C=O) groups is 1. The summed E-state index contributed by atoms with van der Waals surface area (Å²) in [6, 6.07) is 5.18. The van der Waals surface area contributed by atoms with E-state index in [4.69, 9.17) is 17.3 Å². The van der Waals surface area contributed by atoms with Crippen LogP contribution in [0.25, 0.3) is 0 Å². The molecule has 2 rings (SSSR count). The third-order valence-electron chi connectivity index (χ3n) is 2.07. The quantitative estimate of drug-likeness (QED) is 0.792. The molecule has 0 unspecified atom stereocenters.